The van der Waals surface area contributed by atoms with Gasteiger partial charge in [-0.1, -0.05) is 0 Å². The second-order valence-corrected chi connectivity index (χ2v) is 1.95. The second kappa shape index (κ2) is 2.68. The van der Waals surface area contributed by atoms with Gasteiger partial charge in [-0.15, -0.1) is 0 Å². The standard InChI is InChI=1S/C5H9N3O2/c6-1-4(9)3-2-7-5(10)8-3/h2,4,9H,1,6H2,(H2,7,8,10). The highest BCUT2D eigenvalue weighted by Crippen LogP contribution is 2.02. The first-order chi connectivity index (χ1) is 4.74. The van der Waals surface area contributed by atoms with Crippen molar-refractivity contribution in [1.82, 2.24) is 9.97 Å². The zero-order valence-electron chi connectivity index (χ0n) is 5.29. The van der Waals surface area contributed by atoms with Crippen LogP contribution in [-0.4, -0.2) is 21.6 Å². The second-order valence-electron chi connectivity index (χ2n) is 1.95. The molecule has 0 fully saturated rings. The molecule has 0 amide bonds. The van der Waals surface area contributed by atoms with Crippen LogP contribution in [0.2, 0.25) is 0 Å². The van der Waals surface area contributed by atoms with Gasteiger partial charge in [0, 0.05) is 12.7 Å². The lowest BCUT2D eigenvalue weighted by atomic mass is 10.3. The van der Waals surface area contributed by atoms with Gasteiger partial charge in [-0.2, -0.15) is 0 Å². The summed E-state index contributed by atoms with van der Waals surface area (Å²) >= 11 is 0. The number of nitrogens with two attached hydrogens (primary N) is 1. The summed E-state index contributed by atoms with van der Waals surface area (Å²) in [7, 11) is 0. The fraction of sp³-hybridized carbons (Fsp3) is 0.400. The minimum absolute atomic E-state index is 0.105. The van der Waals surface area contributed by atoms with Crippen LogP contribution in [0.3, 0.4) is 0 Å². The highest BCUT2D eigenvalue weighted by Gasteiger charge is 2.05. The van der Waals surface area contributed by atoms with Crippen LogP contribution < -0.4 is 11.4 Å². The molecule has 1 aromatic rings. The maximum absolute atomic E-state index is 10.4. The number of aromatic amines is 2. The summed E-state index contributed by atoms with van der Waals surface area (Å²) in [6.07, 6.45) is 0.624. The molecule has 5 nitrogen and oxygen atoms in total. The Labute approximate surface area is 56.9 Å². The van der Waals surface area contributed by atoms with E-state index in [9.17, 15) is 4.79 Å². The van der Waals surface area contributed by atoms with Gasteiger partial charge >= 0.3 is 5.69 Å². The molecule has 0 aromatic carbocycles. The number of hydrogen-bond acceptors (Lipinski definition) is 3. The van der Waals surface area contributed by atoms with Gasteiger partial charge in [0.05, 0.1) is 5.69 Å². The summed E-state index contributed by atoms with van der Waals surface area (Å²) in [5.41, 5.74) is 5.22. The summed E-state index contributed by atoms with van der Waals surface area (Å²) in [6, 6.07) is 0. The van der Waals surface area contributed by atoms with Crippen LogP contribution in [0, 0.1) is 0 Å². The molecule has 56 valence electrons. The molecule has 5 N–H and O–H groups in total. The number of aliphatic hydroxyl groups excluding tert-OH is 1. The third-order valence-electron chi connectivity index (χ3n) is 1.20. The predicted molar refractivity (Wildman–Crippen MR) is 35.4 cm³/mol. The van der Waals surface area contributed by atoms with Gasteiger partial charge in [-0.3, -0.25) is 0 Å². The van der Waals surface area contributed by atoms with E-state index in [1.807, 2.05) is 0 Å². The van der Waals surface area contributed by atoms with Crippen molar-refractivity contribution in [1.29, 1.82) is 0 Å². The minimum Gasteiger partial charge on any atom is -0.386 e. The SMILES string of the molecule is NCC(O)c1c[nH]c(=O)[nH]1. The number of nitrogens with one attached hydrogen (secondary N) is 2. The van der Waals surface area contributed by atoms with E-state index >= 15 is 0 Å². The van der Waals surface area contributed by atoms with Gasteiger partial charge in [-0.25, -0.2) is 4.79 Å². The topological polar surface area (TPSA) is 94.9 Å². The van der Waals surface area contributed by atoms with Crippen LogP contribution in [0.4, 0.5) is 0 Å². The summed E-state index contributed by atoms with van der Waals surface area (Å²) in [4.78, 5) is 15.2. The molecule has 1 heterocycles. The number of imidazole rings is 1. The van der Waals surface area contributed by atoms with Crippen molar-refractivity contribution in [3.05, 3.63) is 22.4 Å². The molecule has 0 spiro atoms. The van der Waals surface area contributed by atoms with Gasteiger partial charge in [0.25, 0.3) is 0 Å². The van der Waals surface area contributed by atoms with E-state index in [0.29, 0.717) is 5.69 Å². The highest BCUT2D eigenvalue weighted by atomic mass is 16.3. The number of aliphatic hydroxyl groups is 1. The molecule has 1 aromatic heterocycles. The molecule has 0 saturated carbocycles. The predicted octanol–water partition coefficient (Wildman–Crippen LogP) is -1.30. The highest BCUT2D eigenvalue weighted by molar-refractivity contribution is 4.99. The molecule has 0 aliphatic carbocycles. The maximum Gasteiger partial charge on any atom is 0.323 e. The number of rotatable bonds is 2. The molecule has 1 rings (SSSR count). The lowest BCUT2D eigenvalue weighted by Crippen LogP contribution is -2.13. The van der Waals surface area contributed by atoms with Crippen molar-refractivity contribution >= 4 is 0 Å². The Bertz CT molecular complexity index is 251. The largest absolute Gasteiger partial charge is 0.386 e. The fourth-order valence-electron chi connectivity index (χ4n) is 0.653. The van der Waals surface area contributed by atoms with Gasteiger partial charge < -0.3 is 20.8 Å². The van der Waals surface area contributed by atoms with Crippen LogP contribution in [0.15, 0.2) is 11.0 Å². The molecular weight excluding hydrogens is 134 g/mol. The number of aromatic nitrogens is 2. The minimum atomic E-state index is -0.779. The molecule has 1 atom stereocenters. The molecular formula is C5H9N3O2. The molecule has 0 bridgehead atoms. The van der Waals surface area contributed by atoms with Crippen molar-refractivity contribution < 1.29 is 5.11 Å². The van der Waals surface area contributed by atoms with Crippen molar-refractivity contribution in [2.45, 2.75) is 6.10 Å². The van der Waals surface area contributed by atoms with Crippen molar-refractivity contribution in [3.63, 3.8) is 0 Å². The van der Waals surface area contributed by atoms with E-state index in [4.69, 9.17) is 10.8 Å². The number of hydrogen-bond donors (Lipinski definition) is 4. The Morgan fingerprint density at radius 1 is 1.80 bits per heavy atom. The quantitative estimate of drug-likeness (QED) is 0.414. The summed E-state index contributed by atoms with van der Waals surface area (Å²) < 4.78 is 0. The Balaban J connectivity index is 2.84. The van der Waals surface area contributed by atoms with Crippen LogP contribution in [0.25, 0.3) is 0 Å². The van der Waals surface area contributed by atoms with E-state index < -0.39 is 6.10 Å². The maximum atomic E-state index is 10.4. The molecule has 0 saturated heterocycles. The zero-order chi connectivity index (χ0) is 7.56. The van der Waals surface area contributed by atoms with Gasteiger partial charge in [0.2, 0.25) is 0 Å². The lowest BCUT2D eigenvalue weighted by Gasteiger charge is -2.01. The van der Waals surface area contributed by atoms with Crippen molar-refractivity contribution in [2.75, 3.05) is 6.54 Å². The van der Waals surface area contributed by atoms with E-state index in [1.165, 1.54) is 6.20 Å². The first kappa shape index (κ1) is 7.04. The first-order valence-corrected chi connectivity index (χ1v) is 2.89. The smallest absolute Gasteiger partial charge is 0.323 e. The van der Waals surface area contributed by atoms with E-state index in [-0.39, 0.29) is 12.2 Å². The fourth-order valence-corrected chi connectivity index (χ4v) is 0.653. The summed E-state index contributed by atoms with van der Waals surface area (Å²) in [6.45, 7) is 0.105. The van der Waals surface area contributed by atoms with Crippen LogP contribution in [0.5, 0.6) is 0 Å². The van der Waals surface area contributed by atoms with E-state index in [2.05, 4.69) is 9.97 Å². The van der Waals surface area contributed by atoms with E-state index in [1.54, 1.807) is 0 Å². The molecule has 5 heteroatoms. The monoisotopic (exact) mass is 143 g/mol. The Hall–Kier alpha value is -1.07. The Morgan fingerprint density at radius 2 is 2.50 bits per heavy atom. The molecule has 0 aliphatic rings. The summed E-state index contributed by atoms with van der Waals surface area (Å²) in [5.74, 6) is 0. The summed E-state index contributed by atoms with van der Waals surface area (Å²) in [5, 5.41) is 9.03. The zero-order valence-corrected chi connectivity index (χ0v) is 5.29. The first-order valence-electron chi connectivity index (χ1n) is 2.89. The van der Waals surface area contributed by atoms with Gasteiger partial charge in [0.15, 0.2) is 0 Å². The normalized spacial score (nSPS) is 13.4. The molecule has 1 unspecified atom stereocenters. The van der Waals surface area contributed by atoms with Crippen LogP contribution in [0.1, 0.15) is 11.8 Å². The van der Waals surface area contributed by atoms with Crippen LogP contribution in [-0.2, 0) is 0 Å². The number of H-pyrrole nitrogens is 2. The Kier molecular flexibility index (Phi) is 1.88. The van der Waals surface area contributed by atoms with Crippen molar-refractivity contribution in [3.8, 4) is 0 Å². The van der Waals surface area contributed by atoms with Gasteiger partial charge in [-0.05, 0) is 0 Å². The average Bonchev–Trinajstić information content (AvgIpc) is 2.34. The van der Waals surface area contributed by atoms with Crippen LogP contribution >= 0.6 is 0 Å². The third-order valence-corrected chi connectivity index (χ3v) is 1.20. The third kappa shape index (κ3) is 1.26. The lowest BCUT2D eigenvalue weighted by molar-refractivity contribution is 0.182. The molecule has 10 heavy (non-hydrogen) atoms. The molecule has 0 aliphatic heterocycles. The Morgan fingerprint density at radius 3 is 2.90 bits per heavy atom. The van der Waals surface area contributed by atoms with E-state index in [0.717, 1.165) is 0 Å². The van der Waals surface area contributed by atoms with Gasteiger partial charge in [0.1, 0.15) is 6.10 Å². The molecule has 0 radical (unpaired) electrons. The average molecular weight is 143 g/mol. The van der Waals surface area contributed by atoms with Crippen molar-refractivity contribution in [2.24, 2.45) is 5.73 Å².